The summed E-state index contributed by atoms with van der Waals surface area (Å²) in [5.41, 5.74) is 3.29. The van der Waals surface area contributed by atoms with Crippen LogP contribution in [-0.4, -0.2) is 29.2 Å². The summed E-state index contributed by atoms with van der Waals surface area (Å²) in [7, 11) is 0. The molecule has 2 aliphatic heterocycles. The van der Waals surface area contributed by atoms with Crippen molar-refractivity contribution in [1.29, 1.82) is 0 Å². The Balaban J connectivity index is 1.38. The molecule has 1 aromatic heterocycles. The molecular formula is C20H23N3OS. The average Bonchev–Trinajstić information content (AvgIpc) is 3.06. The number of amides is 1. The van der Waals surface area contributed by atoms with Crippen molar-refractivity contribution < 1.29 is 4.79 Å². The summed E-state index contributed by atoms with van der Waals surface area (Å²) < 4.78 is 0. The molecule has 0 radical (unpaired) electrons. The fraction of sp³-hybridized carbons (Fsp3) is 0.400. The number of thioether (sulfide) groups is 1. The van der Waals surface area contributed by atoms with Crippen molar-refractivity contribution >= 4 is 29.2 Å². The lowest BCUT2D eigenvalue weighted by molar-refractivity contribution is -0.115. The normalized spacial score (nSPS) is 19.6. The largest absolute Gasteiger partial charge is 0.357 e. The molecule has 0 spiro atoms. The first-order valence-electron chi connectivity index (χ1n) is 8.97. The zero-order valence-corrected chi connectivity index (χ0v) is 15.3. The van der Waals surface area contributed by atoms with E-state index in [1.165, 1.54) is 35.3 Å². The van der Waals surface area contributed by atoms with E-state index in [1.54, 1.807) is 18.0 Å². The molecule has 2 aliphatic rings. The number of aryl methyl sites for hydroxylation is 1. The monoisotopic (exact) mass is 353 g/mol. The highest BCUT2D eigenvalue weighted by Crippen LogP contribution is 2.38. The van der Waals surface area contributed by atoms with Crippen LogP contribution in [0.2, 0.25) is 0 Å². The Hall–Kier alpha value is -2.01. The number of piperidine rings is 1. The first kappa shape index (κ1) is 16.5. The summed E-state index contributed by atoms with van der Waals surface area (Å²) in [4.78, 5) is 20.7. The van der Waals surface area contributed by atoms with E-state index in [2.05, 4.69) is 40.3 Å². The lowest BCUT2D eigenvalue weighted by Gasteiger charge is -2.27. The number of aromatic nitrogens is 1. The van der Waals surface area contributed by atoms with Crippen LogP contribution in [0.4, 0.5) is 11.5 Å². The van der Waals surface area contributed by atoms with E-state index >= 15 is 0 Å². The summed E-state index contributed by atoms with van der Waals surface area (Å²) in [6.07, 6.45) is 6.36. The molecule has 4 nitrogen and oxygen atoms in total. The smallest absolute Gasteiger partial charge is 0.238 e. The van der Waals surface area contributed by atoms with Gasteiger partial charge >= 0.3 is 0 Å². The van der Waals surface area contributed by atoms with Crippen LogP contribution in [0.25, 0.3) is 0 Å². The van der Waals surface area contributed by atoms with Crippen LogP contribution in [-0.2, 0) is 11.2 Å². The van der Waals surface area contributed by atoms with Gasteiger partial charge in [-0.1, -0.05) is 17.7 Å². The Kier molecular flexibility index (Phi) is 4.66. The number of benzene rings is 1. The number of carbonyl (C=O) groups excluding carboxylic acids is 1. The van der Waals surface area contributed by atoms with Crippen LogP contribution in [0, 0.1) is 6.92 Å². The van der Waals surface area contributed by atoms with Crippen LogP contribution in [0.15, 0.2) is 41.4 Å². The first-order valence-corrected chi connectivity index (χ1v) is 9.85. The average molecular weight is 353 g/mol. The number of pyridine rings is 1. The summed E-state index contributed by atoms with van der Waals surface area (Å²) >= 11 is 1.66. The second-order valence-electron chi connectivity index (χ2n) is 6.86. The molecule has 2 aromatic rings. The summed E-state index contributed by atoms with van der Waals surface area (Å²) in [5.74, 6) is 1.07. The van der Waals surface area contributed by atoms with Crippen molar-refractivity contribution in [2.75, 3.05) is 23.3 Å². The van der Waals surface area contributed by atoms with Crippen molar-refractivity contribution in [3.05, 3.63) is 47.7 Å². The van der Waals surface area contributed by atoms with Crippen LogP contribution in [0.1, 0.15) is 30.4 Å². The molecule has 1 atom stereocenters. The molecule has 1 aromatic carbocycles. The molecule has 0 saturated carbocycles. The number of hydrogen-bond donors (Lipinski definition) is 1. The van der Waals surface area contributed by atoms with Gasteiger partial charge in [0.05, 0.1) is 17.1 Å². The summed E-state index contributed by atoms with van der Waals surface area (Å²) in [5, 5.41) is 2.97. The van der Waals surface area contributed by atoms with Gasteiger partial charge in [0.25, 0.3) is 0 Å². The van der Waals surface area contributed by atoms with Gasteiger partial charge in [-0.25, -0.2) is 4.98 Å². The minimum atomic E-state index is -0.0569. The van der Waals surface area contributed by atoms with Crippen molar-refractivity contribution in [2.24, 2.45) is 0 Å². The quantitative estimate of drug-likeness (QED) is 0.905. The lowest BCUT2D eigenvalue weighted by Crippen LogP contribution is -2.30. The zero-order chi connectivity index (χ0) is 17.2. The zero-order valence-electron chi connectivity index (χ0n) is 14.5. The van der Waals surface area contributed by atoms with E-state index < -0.39 is 0 Å². The molecule has 3 heterocycles. The van der Waals surface area contributed by atoms with E-state index in [9.17, 15) is 4.79 Å². The number of fused-ring (bicyclic) bond motifs is 1. The van der Waals surface area contributed by atoms with Crippen molar-refractivity contribution in [3.8, 4) is 0 Å². The maximum absolute atomic E-state index is 12.6. The van der Waals surface area contributed by atoms with E-state index in [1.807, 2.05) is 12.1 Å². The predicted molar refractivity (Wildman–Crippen MR) is 103 cm³/mol. The number of carbonyl (C=O) groups is 1. The minimum absolute atomic E-state index is 0.0569. The van der Waals surface area contributed by atoms with E-state index in [0.717, 1.165) is 31.0 Å². The van der Waals surface area contributed by atoms with Gasteiger partial charge in [-0.2, -0.15) is 0 Å². The Labute approximate surface area is 153 Å². The SMILES string of the molecule is Cc1ccc2c(c1)SC(C(=O)Nc1ccc(N3CCCCC3)nc1)C2. The number of anilines is 2. The number of nitrogens with zero attached hydrogens (tertiary/aromatic N) is 2. The summed E-state index contributed by atoms with van der Waals surface area (Å²) in [6.45, 7) is 4.24. The van der Waals surface area contributed by atoms with E-state index in [4.69, 9.17) is 0 Å². The molecule has 1 saturated heterocycles. The van der Waals surface area contributed by atoms with Gasteiger partial charge < -0.3 is 10.2 Å². The van der Waals surface area contributed by atoms with Gasteiger partial charge in [0.15, 0.2) is 0 Å². The van der Waals surface area contributed by atoms with Gasteiger partial charge in [0, 0.05) is 18.0 Å². The maximum atomic E-state index is 12.6. The van der Waals surface area contributed by atoms with Crippen molar-refractivity contribution in [2.45, 2.75) is 42.8 Å². The van der Waals surface area contributed by atoms with Gasteiger partial charge in [0.2, 0.25) is 5.91 Å². The van der Waals surface area contributed by atoms with Gasteiger partial charge in [-0.15, -0.1) is 11.8 Å². The summed E-state index contributed by atoms with van der Waals surface area (Å²) in [6, 6.07) is 10.4. The van der Waals surface area contributed by atoms with E-state index in [0.29, 0.717) is 0 Å². The predicted octanol–water partition coefficient (Wildman–Crippen LogP) is 4.04. The van der Waals surface area contributed by atoms with Crippen LogP contribution in [0.3, 0.4) is 0 Å². The third-order valence-corrected chi connectivity index (χ3v) is 6.18. The van der Waals surface area contributed by atoms with Gasteiger partial charge in [-0.05, 0) is 56.4 Å². The van der Waals surface area contributed by atoms with Crippen LogP contribution in [0.5, 0.6) is 0 Å². The topological polar surface area (TPSA) is 45.2 Å². The highest BCUT2D eigenvalue weighted by molar-refractivity contribution is 8.01. The number of hydrogen-bond acceptors (Lipinski definition) is 4. The molecule has 1 amide bonds. The Bertz CT molecular complexity index is 769. The molecule has 25 heavy (non-hydrogen) atoms. The highest BCUT2D eigenvalue weighted by Gasteiger charge is 2.28. The Morgan fingerprint density at radius 1 is 1.20 bits per heavy atom. The maximum Gasteiger partial charge on any atom is 0.238 e. The van der Waals surface area contributed by atoms with Crippen LogP contribution < -0.4 is 10.2 Å². The Morgan fingerprint density at radius 3 is 2.80 bits per heavy atom. The Morgan fingerprint density at radius 2 is 2.04 bits per heavy atom. The molecule has 1 unspecified atom stereocenters. The number of rotatable bonds is 3. The third kappa shape index (κ3) is 3.66. The molecule has 130 valence electrons. The van der Waals surface area contributed by atoms with E-state index in [-0.39, 0.29) is 11.2 Å². The number of nitrogens with one attached hydrogen (secondary N) is 1. The standard InChI is InChI=1S/C20H23N3OS/c1-14-5-6-15-12-18(25-17(15)11-14)20(24)22-16-7-8-19(21-13-16)23-9-3-2-4-10-23/h5-8,11,13,18H,2-4,9-10,12H2,1H3,(H,22,24). The third-order valence-electron chi connectivity index (χ3n) is 4.89. The highest BCUT2D eigenvalue weighted by atomic mass is 32.2. The lowest BCUT2D eigenvalue weighted by atomic mass is 10.1. The molecule has 5 heteroatoms. The molecule has 1 fully saturated rings. The molecule has 4 rings (SSSR count). The second-order valence-corrected chi connectivity index (χ2v) is 8.11. The van der Waals surface area contributed by atoms with Crippen molar-refractivity contribution in [3.63, 3.8) is 0 Å². The molecule has 0 bridgehead atoms. The fourth-order valence-corrected chi connectivity index (χ4v) is 4.77. The van der Waals surface area contributed by atoms with Gasteiger partial charge in [0.1, 0.15) is 5.82 Å². The second kappa shape index (κ2) is 7.08. The van der Waals surface area contributed by atoms with Crippen molar-refractivity contribution in [1.82, 2.24) is 4.98 Å². The molecular weight excluding hydrogens is 330 g/mol. The first-order chi connectivity index (χ1) is 12.2. The molecule has 1 N–H and O–H groups in total. The minimum Gasteiger partial charge on any atom is -0.357 e. The van der Waals surface area contributed by atoms with Crippen LogP contribution >= 0.6 is 11.8 Å². The molecule has 0 aliphatic carbocycles. The van der Waals surface area contributed by atoms with Gasteiger partial charge in [-0.3, -0.25) is 4.79 Å². The fourth-order valence-electron chi connectivity index (χ4n) is 3.47.